The fraction of sp³-hybridized carbons (Fsp3) is 0.467. The third kappa shape index (κ3) is 4.88. The molecule has 6 nitrogen and oxygen atoms in total. The second kappa shape index (κ2) is 7.87. The number of esters is 1. The van der Waals surface area contributed by atoms with Crippen LogP contribution in [0.4, 0.5) is 14.5 Å². The molecule has 0 saturated carbocycles. The molecule has 23 heavy (non-hydrogen) atoms. The molecule has 126 valence electrons. The highest BCUT2D eigenvalue weighted by atomic mass is 19.3. The Bertz CT molecular complexity index is 575. The maximum Gasteiger partial charge on any atom is 0.387 e. The van der Waals surface area contributed by atoms with Crippen molar-refractivity contribution in [3.63, 3.8) is 0 Å². The van der Waals surface area contributed by atoms with Gasteiger partial charge in [0.2, 0.25) is 5.91 Å². The van der Waals surface area contributed by atoms with Gasteiger partial charge in [-0.05, 0) is 37.6 Å². The third-order valence-corrected chi connectivity index (χ3v) is 3.49. The molecule has 8 heteroatoms. The van der Waals surface area contributed by atoms with Gasteiger partial charge in [0.15, 0.2) is 0 Å². The van der Waals surface area contributed by atoms with E-state index in [2.05, 4.69) is 20.1 Å². The Hall–Kier alpha value is -2.22. The van der Waals surface area contributed by atoms with Gasteiger partial charge in [0.1, 0.15) is 5.75 Å². The smallest absolute Gasteiger partial charge is 0.387 e. The quantitative estimate of drug-likeness (QED) is 0.783. The first-order valence-corrected chi connectivity index (χ1v) is 7.20. The number of anilines is 1. The van der Waals surface area contributed by atoms with E-state index in [9.17, 15) is 18.4 Å². The maximum atomic E-state index is 12.5. The third-order valence-electron chi connectivity index (χ3n) is 3.49. The molecule has 1 aromatic carbocycles. The number of hydrogen-bond acceptors (Lipinski definition) is 5. The van der Waals surface area contributed by atoms with Crippen molar-refractivity contribution in [1.82, 2.24) is 5.32 Å². The van der Waals surface area contributed by atoms with Gasteiger partial charge in [-0.25, -0.2) is 4.79 Å². The van der Waals surface area contributed by atoms with Gasteiger partial charge in [-0.1, -0.05) is 0 Å². The number of halogens is 2. The molecule has 1 fully saturated rings. The van der Waals surface area contributed by atoms with Crippen molar-refractivity contribution in [3.8, 4) is 5.75 Å². The average molecular weight is 328 g/mol. The summed E-state index contributed by atoms with van der Waals surface area (Å²) >= 11 is 0. The van der Waals surface area contributed by atoms with Crippen molar-refractivity contribution in [2.45, 2.75) is 31.9 Å². The largest absolute Gasteiger partial charge is 0.465 e. The van der Waals surface area contributed by atoms with Gasteiger partial charge in [-0.3, -0.25) is 4.79 Å². The average Bonchev–Trinajstić information content (AvgIpc) is 3.00. The van der Waals surface area contributed by atoms with Crippen LogP contribution in [-0.2, 0) is 9.53 Å². The predicted molar refractivity (Wildman–Crippen MR) is 78.7 cm³/mol. The fourth-order valence-corrected chi connectivity index (χ4v) is 2.42. The number of methoxy groups -OCH3 is 1. The van der Waals surface area contributed by atoms with Crippen LogP contribution >= 0.6 is 0 Å². The number of nitrogens with one attached hydrogen (secondary N) is 2. The van der Waals surface area contributed by atoms with E-state index in [0.29, 0.717) is 0 Å². The van der Waals surface area contributed by atoms with Gasteiger partial charge in [0.05, 0.1) is 18.4 Å². The zero-order chi connectivity index (χ0) is 16.8. The first-order chi connectivity index (χ1) is 11.0. The van der Waals surface area contributed by atoms with E-state index < -0.39 is 12.6 Å². The zero-order valence-electron chi connectivity index (χ0n) is 12.6. The van der Waals surface area contributed by atoms with E-state index in [1.54, 1.807) is 0 Å². The summed E-state index contributed by atoms with van der Waals surface area (Å²) in [7, 11) is 1.18. The highest BCUT2D eigenvalue weighted by Gasteiger charge is 2.20. The number of carbonyl (C=O) groups is 2. The van der Waals surface area contributed by atoms with Crippen LogP contribution in [0.15, 0.2) is 18.2 Å². The molecule has 1 aliphatic rings. The number of carbonyl (C=O) groups excluding carboxylic acids is 2. The Morgan fingerprint density at radius 2 is 2.22 bits per heavy atom. The van der Waals surface area contributed by atoms with Crippen LogP contribution in [0.1, 0.15) is 29.6 Å². The molecule has 1 atom stereocenters. The van der Waals surface area contributed by atoms with Crippen LogP contribution in [0.3, 0.4) is 0 Å². The lowest BCUT2D eigenvalue weighted by molar-refractivity contribution is -0.116. The molecule has 1 aromatic rings. The number of hydrogen-bond donors (Lipinski definition) is 2. The van der Waals surface area contributed by atoms with Gasteiger partial charge in [-0.2, -0.15) is 8.78 Å². The molecular weight excluding hydrogens is 310 g/mol. The van der Waals surface area contributed by atoms with Crippen molar-refractivity contribution in [2.24, 2.45) is 0 Å². The zero-order valence-corrected chi connectivity index (χ0v) is 12.6. The highest BCUT2D eigenvalue weighted by molar-refractivity contribution is 5.95. The summed E-state index contributed by atoms with van der Waals surface area (Å²) in [5, 5.41) is 5.72. The first-order valence-electron chi connectivity index (χ1n) is 7.20. The Morgan fingerprint density at radius 1 is 1.43 bits per heavy atom. The molecule has 0 radical (unpaired) electrons. The molecular formula is C15H18F2N2O4. The van der Waals surface area contributed by atoms with Crippen LogP contribution in [0, 0.1) is 0 Å². The van der Waals surface area contributed by atoms with E-state index in [4.69, 9.17) is 0 Å². The number of rotatable bonds is 6. The minimum absolute atomic E-state index is 0.0543. The number of ether oxygens (including phenoxy) is 2. The van der Waals surface area contributed by atoms with Crippen LogP contribution in [0.2, 0.25) is 0 Å². The highest BCUT2D eigenvalue weighted by Crippen LogP contribution is 2.28. The molecule has 2 rings (SSSR count). The van der Waals surface area contributed by atoms with E-state index in [1.165, 1.54) is 19.2 Å². The summed E-state index contributed by atoms with van der Waals surface area (Å²) in [6, 6.07) is 3.91. The monoisotopic (exact) mass is 328 g/mol. The van der Waals surface area contributed by atoms with Crippen molar-refractivity contribution < 1.29 is 27.8 Å². The maximum absolute atomic E-state index is 12.5. The molecule has 1 unspecified atom stereocenters. The minimum Gasteiger partial charge on any atom is -0.465 e. The van der Waals surface area contributed by atoms with Gasteiger partial charge in [-0.15, -0.1) is 0 Å². The van der Waals surface area contributed by atoms with Crippen molar-refractivity contribution in [3.05, 3.63) is 23.8 Å². The molecule has 1 heterocycles. The van der Waals surface area contributed by atoms with Crippen LogP contribution in [0.5, 0.6) is 5.75 Å². The Labute approximate surface area is 132 Å². The van der Waals surface area contributed by atoms with Gasteiger partial charge < -0.3 is 20.1 Å². The lowest BCUT2D eigenvalue weighted by Gasteiger charge is -2.14. The summed E-state index contributed by atoms with van der Waals surface area (Å²) in [5.41, 5.74) is 0.138. The molecule has 1 aliphatic heterocycles. The number of amides is 1. The summed E-state index contributed by atoms with van der Waals surface area (Å²) in [6.45, 7) is -2.21. The second-order valence-corrected chi connectivity index (χ2v) is 5.13. The van der Waals surface area contributed by atoms with Crippen molar-refractivity contribution in [2.75, 3.05) is 19.0 Å². The van der Waals surface area contributed by atoms with E-state index in [-0.39, 0.29) is 35.4 Å². The normalized spacial score (nSPS) is 17.1. The summed E-state index contributed by atoms with van der Waals surface area (Å²) < 4.78 is 33.9. The molecule has 1 saturated heterocycles. The first kappa shape index (κ1) is 17.1. The molecule has 0 aliphatic carbocycles. The van der Waals surface area contributed by atoms with Crippen molar-refractivity contribution >= 4 is 17.6 Å². The molecule has 0 aromatic heterocycles. The second-order valence-electron chi connectivity index (χ2n) is 5.13. The van der Waals surface area contributed by atoms with Crippen LogP contribution < -0.4 is 15.4 Å². The molecule has 0 spiro atoms. The Balaban J connectivity index is 2.11. The fourth-order valence-electron chi connectivity index (χ4n) is 2.42. The minimum atomic E-state index is -3.07. The Kier molecular flexibility index (Phi) is 5.86. The summed E-state index contributed by atoms with van der Waals surface area (Å²) in [4.78, 5) is 23.4. The van der Waals surface area contributed by atoms with Crippen LogP contribution in [-0.4, -0.2) is 38.2 Å². The predicted octanol–water partition coefficient (Wildman–Crippen LogP) is 2.16. The standard InChI is InChI=1S/C15H18F2N2O4/c1-22-14(21)9-4-5-11(12(7-9)23-15(16)17)19-13(20)8-10-3-2-6-18-10/h4-5,7,10,15,18H,2-3,6,8H2,1H3,(H,19,20). The molecule has 2 N–H and O–H groups in total. The molecule has 1 amide bonds. The van der Waals surface area contributed by atoms with Gasteiger partial charge in [0.25, 0.3) is 0 Å². The topological polar surface area (TPSA) is 76.7 Å². The van der Waals surface area contributed by atoms with Gasteiger partial charge in [0, 0.05) is 12.5 Å². The number of alkyl halides is 2. The molecule has 0 bridgehead atoms. The summed E-state index contributed by atoms with van der Waals surface area (Å²) in [5.74, 6) is -1.28. The lowest BCUT2D eigenvalue weighted by atomic mass is 10.1. The van der Waals surface area contributed by atoms with E-state index in [1.807, 2.05) is 0 Å². The van der Waals surface area contributed by atoms with Crippen molar-refractivity contribution in [1.29, 1.82) is 0 Å². The SMILES string of the molecule is COC(=O)c1ccc(NC(=O)CC2CCCN2)c(OC(F)F)c1. The van der Waals surface area contributed by atoms with Gasteiger partial charge >= 0.3 is 12.6 Å². The van der Waals surface area contributed by atoms with E-state index in [0.717, 1.165) is 25.5 Å². The number of benzene rings is 1. The Morgan fingerprint density at radius 3 is 2.83 bits per heavy atom. The summed E-state index contributed by atoms with van der Waals surface area (Å²) in [6.07, 6.45) is 2.15. The van der Waals surface area contributed by atoms with Crippen LogP contribution in [0.25, 0.3) is 0 Å². The van der Waals surface area contributed by atoms with E-state index >= 15 is 0 Å². The lowest BCUT2D eigenvalue weighted by Crippen LogP contribution is -2.27.